The van der Waals surface area contributed by atoms with Crippen LogP contribution >= 0.6 is 22.9 Å². The maximum absolute atomic E-state index is 12.4. The van der Waals surface area contributed by atoms with E-state index in [4.69, 9.17) is 11.6 Å². The van der Waals surface area contributed by atoms with Crippen molar-refractivity contribution in [3.05, 3.63) is 22.4 Å². The molecule has 0 aliphatic carbocycles. The Bertz CT molecular complexity index is 833. The molecule has 9 heteroatoms. The van der Waals surface area contributed by atoms with E-state index in [2.05, 4.69) is 15.3 Å². The third kappa shape index (κ3) is 3.23. The minimum absolute atomic E-state index is 0.100. The first kappa shape index (κ1) is 15.6. The zero-order valence-corrected chi connectivity index (χ0v) is 14.2. The molecule has 0 spiro atoms. The Labute approximate surface area is 136 Å². The second-order valence-electron chi connectivity index (χ2n) is 5.66. The van der Waals surface area contributed by atoms with Crippen LogP contribution in [0.3, 0.4) is 0 Å². The van der Waals surface area contributed by atoms with Gasteiger partial charge in [-0.05, 0) is 25.8 Å². The van der Waals surface area contributed by atoms with Crippen LogP contribution in [0.5, 0.6) is 0 Å². The van der Waals surface area contributed by atoms with Gasteiger partial charge in [-0.1, -0.05) is 11.6 Å². The molecule has 0 bridgehead atoms. The van der Waals surface area contributed by atoms with E-state index in [-0.39, 0.29) is 17.4 Å². The Kier molecular flexibility index (Phi) is 3.86. The number of nitrogens with one attached hydrogen (secondary N) is 1. The largest absolute Gasteiger partial charge is 0.345 e. The molecule has 1 amide bonds. The fourth-order valence-corrected chi connectivity index (χ4v) is 5.17. The molecule has 6 nitrogen and oxygen atoms in total. The normalized spacial score (nSPS) is 19.9. The van der Waals surface area contributed by atoms with Crippen LogP contribution in [0.4, 0.5) is 0 Å². The lowest BCUT2D eigenvalue weighted by Gasteiger charge is -2.33. The van der Waals surface area contributed by atoms with Gasteiger partial charge in [-0.25, -0.2) is 18.4 Å². The molecule has 0 atom stereocenters. The van der Waals surface area contributed by atoms with Crippen LogP contribution in [-0.4, -0.2) is 41.3 Å². The molecule has 3 heterocycles. The molecule has 1 saturated heterocycles. The molecule has 1 aliphatic rings. The SMILES string of the molecule is CC1(NC(=O)c2nc3cnc(Cl)cc3s2)CCS(=O)(=O)CC1. The van der Waals surface area contributed by atoms with Gasteiger partial charge in [0.15, 0.2) is 5.01 Å². The first-order valence-electron chi connectivity index (χ1n) is 6.71. The number of hydrogen-bond donors (Lipinski definition) is 1. The highest BCUT2D eigenvalue weighted by Crippen LogP contribution is 2.26. The number of halogens is 1. The number of nitrogens with zero attached hydrogens (tertiary/aromatic N) is 2. The van der Waals surface area contributed by atoms with Gasteiger partial charge in [0.2, 0.25) is 0 Å². The maximum Gasteiger partial charge on any atom is 0.280 e. The van der Waals surface area contributed by atoms with Crippen molar-refractivity contribution in [2.24, 2.45) is 0 Å². The van der Waals surface area contributed by atoms with E-state index < -0.39 is 15.4 Å². The first-order chi connectivity index (χ1) is 10.3. The Morgan fingerprint density at radius 3 is 2.77 bits per heavy atom. The minimum Gasteiger partial charge on any atom is -0.345 e. The van der Waals surface area contributed by atoms with Gasteiger partial charge in [0, 0.05) is 5.54 Å². The van der Waals surface area contributed by atoms with Gasteiger partial charge >= 0.3 is 0 Å². The van der Waals surface area contributed by atoms with Crippen molar-refractivity contribution in [1.82, 2.24) is 15.3 Å². The average molecular weight is 360 g/mol. The van der Waals surface area contributed by atoms with Crippen LogP contribution in [0.2, 0.25) is 5.15 Å². The number of pyridine rings is 1. The van der Waals surface area contributed by atoms with Crippen molar-refractivity contribution in [3.8, 4) is 0 Å². The number of hydrogen-bond acceptors (Lipinski definition) is 6. The molecule has 1 fully saturated rings. The summed E-state index contributed by atoms with van der Waals surface area (Å²) < 4.78 is 23.8. The molecule has 2 aromatic rings. The predicted molar refractivity (Wildman–Crippen MR) is 86.2 cm³/mol. The zero-order valence-electron chi connectivity index (χ0n) is 11.8. The van der Waals surface area contributed by atoms with E-state index in [0.717, 1.165) is 4.70 Å². The van der Waals surface area contributed by atoms with Gasteiger partial charge in [0.05, 0.1) is 22.4 Å². The van der Waals surface area contributed by atoms with Crippen LogP contribution in [0.1, 0.15) is 29.6 Å². The van der Waals surface area contributed by atoms with E-state index in [1.807, 2.05) is 6.92 Å². The number of carbonyl (C=O) groups excluding carboxylic acids is 1. The van der Waals surface area contributed by atoms with Crippen LogP contribution in [0.15, 0.2) is 12.3 Å². The third-order valence-corrected chi connectivity index (χ3v) is 6.66. The van der Waals surface area contributed by atoms with Gasteiger partial charge in [0.1, 0.15) is 20.5 Å². The number of aromatic nitrogens is 2. The lowest BCUT2D eigenvalue weighted by molar-refractivity contribution is 0.0899. The molecule has 0 radical (unpaired) electrons. The summed E-state index contributed by atoms with van der Waals surface area (Å²) >= 11 is 7.06. The van der Waals surface area contributed by atoms with Crippen LogP contribution in [-0.2, 0) is 9.84 Å². The van der Waals surface area contributed by atoms with Gasteiger partial charge in [-0.2, -0.15) is 0 Å². The van der Waals surface area contributed by atoms with Crippen LogP contribution < -0.4 is 5.32 Å². The van der Waals surface area contributed by atoms with Crippen LogP contribution in [0, 0.1) is 0 Å². The highest BCUT2D eigenvalue weighted by molar-refractivity contribution is 7.91. The summed E-state index contributed by atoms with van der Waals surface area (Å²) in [6.45, 7) is 1.87. The van der Waals surface area contributed by atoms with Gasteiger partial charge in [-0.3, -0.25) is 4.79 Å². The number of thiazole rings is 1. The third-order valence-electron chi connectivity index (χ3n) is 3.78. The molecule has 2 aromatic heterocycles. The second kappa shape index (κ2) is 5.43. The van der Waals surface area contributed by atoms with E-state index in [0.29, 0.717) is 28.5 Å². The second-order valence-corrected chi connectivity index (χ2v) is 9.38. The predicted octanol–water partition coefficient (Wildman–Crippen LogP) is 2.04. The quantitative estimate of drug-likeness (QED) is 0.829. The average Bonchev–Trinajstić information content (AvgIpc) is 2.86. The summed E-state index contributed by atoms with van der Waals surface area (Å²) in [6.07, 6.45) is 2.36. The molecule has 0 saturated carbocycles. The van der Waals surface area contributed by atoms with Crippen molar-refractivity contribution < 1.29 is 13.2 Å². The fourth-order valence-electron chi connectivity index (χ4n) is 2.35. The first-order valence-corrected chi connectivity index (χ1v) is 9.73. The van der Waals surface area contributed by atoms with Crippen molar-refractivity contribution in [2.75, 3.05) is 11.5 Å². The lowest BCUT2D eigenvalue weighted by atomic mass is 9.95. The maximum atomic E-state index is 12.4. The molecule has 118 valence electrons. The fraction of sp³-hybridized carbons (Fsp3) is 0.462. The summed E-state index contributed by atoms with van der Waals surface area (Å²) in [6, 6.07) is 1.67. The van der Waals surface area contributed by atoms with Crippen molar-refractivity contribution in [1.29, 1.82) is 0 Å². The van der Waals surface area contributed by atoms with Crippen molar-refractivity contribution >= 4 is 48.9 Å². The Balaban J connectivity index is 1.78. The van der Waals surface area contributed by atoms with Gasteiger partial charge in [-0.15, -0.1) is 11.3 Å². The van der Waals surface area contributed by atoms with E-state index in [1.165, 1.54) is 17.5 Å². The summed E-state index contributed by atoms with van der Waals surface area (Å²) in [5, 5.41) is 3.60. The molecule has 1 aliphatic heterocycles. The molecule has 22 heavy (non-hydrogen) atoms. The summed E-state index contributed by atoms with van der Waals surface area (Å²) in [5.41, 5.74) is 0.104. The standard InChI is InChI=1S/C13H14ClN3O3S2/c1-13(2-4-22(19,20)5-3-13)17-11(18)12-16-8-7-15-10(14)6-9(8)21-12/h6-7H,2-5H2,1H3,(H,17,18). The number of amides is 1. The molecular formula is C13H14ClN3O3S2. The Hall–Kier alpha value is -1.25. The van der Waals surface area contributed by atoms with Crippen molar-refractivity contribution in [2.45, 2.75) is 25.3 Å². The topological polar surface area (TPSA) is 89.0 Å². The highest BCUT2D eigenvalue weighted by atomic mass is 35.5. The molecule has 1 N–H and O–H groups in total. The van der Waals surface area contributed by atoms with E-state index in [1.54, 1.807) is 6.07 Å². The van der Waals surface area contributed by atoms with Crippen LogP contribution in [0.25, 0.3) is 10.2 Å². The summed E-state index contributed by atoms with van der Waals surface area (Å²) in [7, 11) is -2.97. The number of carbonyl (C=O) groups is 1. The Morgan fingerprint density at radius 2 is 2.09 bits per heavy atom. The zero-order chi connectivity index (χ0) is 16.0. The van der Waals surface area contributed by atoms with Gasteiger partial charge in [0.25, 0.3) is 5.91 Å². The van der Waals surface area contributed by atoms with E-state index >= 15 is 0 Å². The number of fused-ring (bicyclic) bond motifs is 1. The van der Waals surface area contributed by atoms with E-state index in [9.17, 15) is 13.2 Å². The highest BCUT2D eigenvalue weighted by Gasteiger charge is 2.35. The minimum atomic E-state index is -2.97. The number of sulfone groups is 1. The Morgan fingerprint density at radius 1 is 1.41 bits per heavy atom. The summed E-state index contributed by atoms with van der Waals surface area (Å²) in [5.74, 6) is -0.0918. The monoisotopic (exact) mass is 359 g/mol. The summed E-state index contributed by atoms with van der Waals surface area (Å²) in [4.78, 5) is 20.6. The van der Waals surface area contributed by atoms with Crippen molar-refractivity contribution in [3.63, 3.8) is 0 Å². The lowest BCUT2D eigenvalue weighted by Crippen LogP contribution is -2.50. The smallest absolute Gasteiger partial charge is 0.280 e. The molecule has 3 rings (SSSR count). The molecule has 0 unspecified atom stereocenters. The molecular weight excluding hydrogens is 346 g/mol. The molecule has 0 aromatic carbocycles. The number of rotatable bonds is 2. The van der Waals surface area contributed by atoms with Gasteiger partial charge < -0.3 is 5.32 Å².